The third-order valence-electron chi connectivity index (χ3n) is 2.56. The Bertz CT molecular complexity index is 553. The predicted molar refractivity (Wildman–Crippen MR) is 73.5 cm³/mol. The zero-order chi connectivity index (χ0) is 14.4. The normalized spacial score (nSPS) is 11.8. The van der Waals surface area contributed by atoms with Crippen LogP contribution in [-0.2, 0) is 11.3 Å². The second kappa shape index (κ2) is 6.71. The molecule has 2 heterocycles. The molecular weight excluding hydrogens is 280 g/mol. The van der Waals surface area contributed by atoms with Crippen molar-refractivity contribution in [2.24, 2.45) is 0 Å². The van der Waals surface area contributed by atoms with E-state index in [2.05, 4.69) is 15.6 Å². The highest BCUT2D eigenvalue weighted by Crippen LogP contribution is 2.18. The van der Waals surface area contributed by atoms with Gasteiger partial charge in [-0.05, 0) is 11.4 Å². The van der Waals surface area contributed by atoms with E-state index in [1.54, 1.807) is 36.2 Å². The van der Waals surface area contributed by atoms with Crippen molar-refractivity contribution in [3.05, 3.63) is 41.1 Å². The Morgan fingerprint density at radius 3 is 2.95 bits per heavy atom. The van der Waals surface area contributed by atoms with Crippen LogP contribution in [0.3, 0.4) is 0 Å². The van der Waals surface area contributed by atoms with E-state index in [0.29, 0.717) is 18.0 Å². The van der Waals surface area contributed by atoms with Crippen LogP contribution in [0.15, 0.2) is 36.2 Å². The van der Waals surface area contributed by atoms with Gasteiger partial charge in [0.25, 0.3) is 0 Å². The minimum absolute atomic E-state index is 0.388. The van der Waals surface area contributed by atoms with Crippen LogP contribution in [0.25, 0.3) is 0 Å². The van der Waals surface area contributed by atoms with Crippen molar-refractivity contribution in [1.29, 1.82) is 0 Å². The van der Waals surface area contributed by atoms with Gasteiger partial charge in [-0.3, -0.25) is 0 Å². The molecule has 0 aliphatic heterocycles. The first kappa shape index (κ1) is 14.1. The van der Waals surface area contributed by atoms with Gasteiger partial charge in [-0.25, -0.2) is 14.6 Å². The van der Waals surface area contributed by atoms with Gasteiger partial charge in [-0.15, -0.1) is 11.3 Å². The van der Waals surface area contributed by atoms with E-state index in [-0.39, 0.29) is 0 Å². The fraction of sp³-hybridized carbons (Fsp3) is 0.250. The van der Waals surface area contributed by atoms with Crippen molar-refractivity contribution in [2.75, 3.05) is 6.54 Å². The summed E-state index contributed by atoms with van der Waals surface area (Å²) in [5.41, 5.74) is 0. The molecule has 2 rings (SSSR count). The molecule has 20 heavy (non-hydrogen) atoms. The first-order valence-corrected chi connectivity index (χ1v) is 6.81. The highest BCUT2D eigenvalue weighted by Gasteiger charge is 2.22. The number of carboxylic acid groups (broad SMARTS) is 1. The maximum Gasteiger partial charge on any atom is 0.331 e. The van der Waals surface area contributed by atoms with Gasteiger partial charge in [0.1, 0.15) is 0 Å². The molecule has 106 valence electrons. The average molecular weight is 294 g/mol. The zero-order valence-corrected chi connectivity index (χ0v) is 11.3. The molecule has 7 nitrogen and oxygen atoms in total. The largest absolute Gasteiger partial charge is 0.479 e. The van der Waals surface area contributed by atoms with Gasteiger partial charge >= 0.3 is 12.0 Å². The topological polar surface area (TPSA) is 96.3 Å². The van der Waals surface area contributed by atoms with E-state index in [0.717, 1.165) is 0 Å². The number of rotatable bonds is 6. The molecule has 3 N–H and O–H groups in total. The Balaban J connectivity index is 1.81. The Labute approximate surface area is 119 Å². The molecule has 0 saturated heterocycles. The van der Waals surface area contributed by atoms with Crippen LogP contribution in [0.2, 0.25) is 0 Å². The first-order chi connectivity index (χ1) is 9.66. The quantitative estimate of drug-likeness (QED) is 0.742. The third kappa shape index (κ3) is 3.82. The standard InChI is InChI=1S/C12H14N4O3S/c17-11(18)10(9-2-1-7-20-9)15-12(19)14-4-6-16-5-3-13-8-16/h1-3,5,7-8,10H,4,6H2,(H,17,18)(H2,14,15,19). The zero-order valence-electron chi connectivity index (χ0n) is 10.5. The minimum atomic E-state index is -1.09. The van der Waals surface area contributed by atoms with E-state index < -0.39 is 18.0 Å². The molecule has 1 atom stereocenters. The van der Waals surface area contributed by atoms with Gasteiger partial charge in [0.15, 0.2) is 6.04 Å². The van der Waals surface area contributed by atoms with Crippen LogP contribution in [0, 0.1) is 0 Å². The summed E-state index contributed by atoms with van der Waals surface area (Å²) in [5, 5.41) is 15.9. The third-order valence-corrected chi connectivity index (χ3v) is 3.50. The van der Waals surface area contributed by atoms with Crippen molar-refractivity contribution in [3.8, 4) is 0 Å². The van der Waals surface area contributed by atoms with Gasteiger partial charge in [0.05, 0.1) is 6.33 Å². The molecule has 1 unspecified atom stereocenters. The van der Waals surface area contributed by atoms with Gasteiger partial charge in [0.2, 0.25) is 0 Å². The molecule has 2 aromatic rings. The Morgan fingerprint density at radius 2 is 2.35 bits per heavy atom. The lowest BCUT2D eigenvalue weighted by Gasteiger charge is -2.13. The average Bonchev–Trinajstić information content (AvgIpc) is 3.08. The van der Waals surface area contributed by atoms with Crippen LogP contribution in [0.1, 0.15) is 10.9 Å². The van der Waals surface area contributed by atoms with Crippen LogP contribution in [-0.4, -0.2) is 33.2 Å². The lowest BCUT2D eigenvalue weighted by molar-refractivity contribution is -0.139. The molecule has 0 radical (unpaired) electrons. The maximum absolute atomic E-state index is 11.7. The molecule has 2 aromatic heterocycles. The lowest BCUT2D eigenvalue weighted by atomic mass is 10.2. The summed E-state index contributed by atoms with van der Waals surface area (Å²) in [6, 6.07) is 1.89. The number of nitrogens with zero attached hydrogens (tertiary/aromatic N) is 2. The number of amides is 2. The predicted octanol–water partition coefficient (Wildman–Crippen LogP) is 1.07. The summed E-state index contributed by atoms with van der Waals surface area (Å²) >= 11 is 1.29. The van der Waals surface area contributed by atoms with Crippen molar-refractivity contribution in [3.63, 3.8) is 0 Å². The molecule has 0 aromatic carbocycles. The van der Waals surface area contributed by atoms with Gasteiger partial charge in [-0.1, -0.05) is 6.07 Å². The number of thiophene rings is 1. The molecule has 8 heteroatoms. The highest BCUT2D eigenvalue weighted by molar-refractivity contribution is 7.10. The molecule has 0 saturated carbocycles. The summed E-state index contributed by atoms with van der Waals surface area (Å²) in [5.74, 6) is -1.09. The van der Waals surface area contributed by atoms with E-state index in [9.17, 15) is 9.59 Å². The molecule has 2 amide bonds. The summed E-state index contributed by atoms with van der Waals surface area (Å²) in [7, 11) is 0. The smallest absolute Gasteiger partial charge is 0.331 e. The van der Waals surface area contributed by atoms with Crippen LogP contribution < -0.4 is 10.6 Å². The highest BCUT2D eigenvalue weighted by atomic mass is 32.1. The second-order valence-corrected chi connectivity index (χ2v) is 4.97. The number of hydrogen-bond donors (Lipinski definition) is 3. The second-order valence-electron chi connectivity index (χ2n) is 3.99. The van der Waals surface area contributed by atoms with Crippen molar-refractivity contribution < 1.29 is 14.7 Å². The number of hydrogen-bond acceptors (Lipinski definition) is 4. The fourth-order valence-corrected chi connectivity index (χ4v) is 2.38. The molecular formula is C12H14N4O3S. The number of nitrogens with one attached hydrogen (secondary N) is 2. The number of carbonyl (C=O) groups excluding carboxylic acids is 1. The van der Waals surface area contributed by atoms with Gasteiger partial charge < -0.3 is 20.3 Å². The lowest BCUT2D eigenvalue weighted by Crippen LogP contribution is -2.41. The summed E-state index contributed by atoms with van der Waals surface area (Å²) < 4.78 is 1.81. The first-order valence-electron chi connectivity index (χ1n) is 5.93. The Morgan fingerprint density at radius 1 is 1.50 bits per heavy atom. The Kier molecular flexibility index (Phi) is 4.72. The van der Waals surface area contributed by atoms with Gasteiger partial charge in [-0.2, -0.15) is 0 Å². The molecule has 0 aliphatic carbocycles. The van der Waals surface area contributed by atoms with E-state index >= 15 is 0 Å². The van der Waals surface area contributed by atoms with Gasteiger partial charge in [0, 0.05) is 30.4 Å². The number of aromatic nitrogens is 2. The summed E-state index contributed by atoms with van der Waals surface area (Å²) in [6.07, 6.45) is 5.08. The number of carboxylic acids is 1. The van der Waals surface area contributed by atoms with Crippen molar-refractivity contribution in [1.82, 2.24) is 20.2 Å². The number of urea groups is 1. The minimum Gasteiger partial charge on any atom is -0.479 e. The SMILES string of the molecule is O=C(NCCn1ccnc1)NC(C(=O)O)c1cccs1. The fourth-order valence-electron chi connectivity index (χ4n) is 1.61. The number of imidazole rings is 1. The Hall–Kier alpha value is -2.35. The monoisotopic (exact) mass is 294 g/mol. The molecule has 0 spiro atoms. The van der Waals surface area contributed by atoms with Crippen LogP contribution >= 0.6 is 11.3 Å². The van der Waals surface area contributed by atoms with E-state index in [1.807, 2.05) is 4.57 Å². The summed E-state index contributed by atoms with van der Waals surface area (Å²) in [4.78, 5) is 27.3. The van der Waals surface area contributed by atoms with Crippen molar-refractivity contribution in [2.45, 2.75) is 12.6 Å². The molecule has 0 bridgehead atoms. The van der Waals surface area contributed by atoms with E-state index in [4.69, 9.17) is 5.11 Å². The van der Waals surface area contributed by atoms with E-state index in [1.165, 1.54) is 11.3 Å². The summed E-state index contributed by atoms with van der Waals surface area (Å²) in [6.45, 7) is 0.961. The van der Waals surface area contributed by atoms with Crippen molar-refractivity contribution >= 4 is 23.3 Å². The maximum atomic E-state index is 11.7. The molecule has 0 aliphatic rings. The number of carbonyl (C=O) groups is 2. The number of aliphatic carboxylic acids is 1. The molecule has 0 fully saturated rings. The van der Waals surface area contributed by atoms with Crippen LogP contribution in [0.4, 0.5) is 4.79 Å². The van der Waals surface area contributed by atoms with Crippen LogP contribution in [0.5, 0.6) is 0 Å².